The number of nitrogens with two attached hydrogens (primary N) is 1. The van der Waals surface area contributed by atoms with E-state index in [1.54, 1.807) is 0 Å². The molecule has 4 N–H and O–H groups in total. The number of nitrogens with zero attached hydrogens (tertiary/aromatic N) is 1. The number of benzene rings is 1. The minimum absolute atomic E-state index is 0.0142. The highest BCUT2D eigenvalue weighted by molar-refractivity contribution is 6.34. The van der Waals surface area contributed by atoms with Crippen LogP contribution < -0.4 is 11.1 Å². The zero-order valence-corrected chi connectivity index (χ0v) is 9.98. The van der Waals surface area contributed by atoms with Crippen LogP contribution >= 0.6 is 11.6 Å². The Morgan fingerprint density at radius 3 is 2.89 bits per heavy atom. The van der Waals surface area contributed by atoms with Crippen LogP contribution in [0.25, 0.3) is 0 Å². The van der Waals surface area contributed by atoms with Crippen molar-refractivity contribution in [3.8, 4) is 5.75 Å². The van der Waals surface area contributed by atoms with E-state index in [4.69, 9.17) is 17.3 Å². The van der Waals surface area contributed by atoms with Crippen molar-refractivity contribution >= 4 is 28.9 Å². The molecule has 0 aliphatic rings. The van der Waals surface area contributed by atoms with Crippen molar-refractivity contribution in [3.05, 3.63) is 47.2 Å². The number of rotatable bonds is 2. The lowest BCUT2D eigenvalue weighted by Gasteiger charge is -2.09. The molecular weight excluding hydrogens is 254 g/mol. The molecule has 0 spiro atoms. The maximum Gasteiger partial charge on any atom is 0.257 e. The summed E-state index contributed by atoms with van der Waals surface area (Å²) in [5.41, 5.74) is 6.65. The van der Waals surface area contributed by atoms with Gasteiger partial charge in [-0.2, -0.15) is 0 Å². The van der Waals surface area contributed by atoms with Crippen LogP contribution in [0.2, 0.25) is 5.02 Å². The molecule has 0 aliphatic carbocycles. The maximum absolute atomic E-state index is 11.9. The topological polar surface area (TPSA) is 88.2 Å². The molecule has 92 valence electrons. The summed E-state index contributed by atoms with van der Waals surface area (Å²) in [4.78, 5) is 15.7. The van der Waals surface area contributed by atoms with E-state index in [9.17, 15) is 9.90 Å². The van der Waals surface area contributed by atoms with Gasteiger partial charge in [0.05, 0.1) is 22.0 Å². The van der Waals surface area contributed by atoms with Crippen molar-refractivity contribution in [1.29, 1.82) is 0 Å². The monoisotopic (exact) mass is 263 g/mol. The second kappa shape index (κ2) is 4.93. The summed E-state index contributed by atoms with van der Waals surface area (Å²) >= 11 is 5.85. The molecular formula is C12H10ClN3O2. The molecule has 0 fully saturated rings. The maximum atomic E-state index is 11.9. The molecule has 0 atom stereocenters. The highest BCUT2D eigenvalue weighted by atomic mass is 35.5. The first-order valence-electron chi connectivity index (χ1n) is 5.07. The standard InChI is InChI=1S/C12H10ClN3O2/c13-9-6-15-4-3-8(9)12(18)16-11-5-7(17)1-2-10(11)14/h1-6,17H,14H2,(H,16,18). The quantitative estimate of drug-likeness (QED) is 0.573. The smallest absolute Gasteiger partial charge is 0.257 e. The summed E-state index contributed by atoms with van der Waals surface area (Å²) in [5, 5.41) is 12.1. The SMILES string of the molecule is Nc1ccc(O)cc1NC(=O)c1ccncc1Cl. The summed E-state index contributed by atoms with van der Waals surface area (Å²) in [5.74, 6) is -0.403. The largest absolute Gasteiger partial charge is 0.508 e. The van der Waals surface area contributed by atoms with Crippen molar-refractivity contribution in [2.24, 2.45) is 0 Å². The van der Waals surface area contributed by atoms with Crippen LogP contribution in [0.1, 0.15) is 10.4 Å². The van der Waals surface area contributed by atoms with Crippen LogP contribution in [0.5, 0.6) is 5.75 Å². The van der Waals surface area contributed by atoms with E-state index in [0.717, 1.165) is 0 Å². The Labute approximate surface area is 108 Å². The third-order valence-corrected chi connectivity index (χ3v) is 2.60. The molecule has 0 aliphatic heterocycles. The van der Waals surface area contributed by atoms with Crippen molar-refractivity contribution in [2.45, 2.75) is 0 Å². The van der Waals surface area contributed by atoms with Crippen LogP contribution in [0, 0.1) is 0 Å². The number of carbonyl (C=O) groups is 1. The number of nitrogen functional groups attached to an aromatic ring is 1. The summed E-state index contributed by atoms with van der Waals surface area (Å²) in [6.45, 7) is 0. The molecule has 1 heterocycles. The van der Waals surface area contributed by atoms with Crippen molar-refractivity contribution < 1.29 is 9.90 Å². The number of amides is 1. The van der Waals surface area contributed by atoms with Gasteiger partial charge in [-0.1, -0.05) is 11.6 Å². The Kier molecular flexibility index (Phi) is 3.34. The number of phenols is 1. The molecule has 1 aromatic carbocycles. The summed E-state index contributed by atoms with van der Waals surface area (Å²) in [6.07, 6.45) is 2.84. The minimum Gasteiger partial charge on any atom is -0.508 e. The summed E-state index contributed by atoms with van der Waals surface area (Å²) in [7, 11) is 0. The van der Waals surface area contributed by atoms with Crippen LogP contribution in [0.4, 0.5) is 11.4 Å². The fourth-order valence-corrected chi connectivity index (χ4v) is 1.61. The number of aromatic nitrogens is 1. The Morgan fingerprint density at radius 2 is 2.17 bits per heavy atom. The first-order chi connectivity index (χ1) is 8.58. The van der Waals surface area contributed by atoms with Crippen LogP contribution in [-0.2, 0) is 0 Å². The Morgan fingerprint density at radius 1 is 1.39 bits per heavy atom. The molecule has 18 heavy (non-hydrogen) atoms. The summed E-state index contributed by atoms with van der Waals surface area (Å²) < 4.78 is 0. The Balaban J connectivity index is 2.27. The first-order valence-corrected chi connectivity index (χ1v) is 5.45. The number of nitrogens with one attached hydrogen (secondary N) is 1. The lowest BCUT2D eigenvalue weighted by Crippen LogP contribution is -2.13. The minimum atomic E-state index is -0.417. The van der Waals surface area contributed by atoms with E-state index in [1.165, 1.54) is 36.7 Å². The number of halogens is 1. The number of aromatic hydroxyl groups is 1. The van der Waals surface area contributed by atoms with E-state index in [-0.39, 0.29) is 16.3 Å². The average molecular weight is 264 g/mol. The van der Waals surface area contributed by atoms with Crippen molar-refractivity contribution in [1.82, 2.24) is 4.98 Å². The Hall–Kier alpha value is -2.27. The molecule has 0 saturated heterocycles. The van der Waals surface area contributed by atoms with Gasteiger partial charge in [-0.3, -0.25) is 9.78 Å². The van der Waals surface area contributed by atoms with Gasteiger partial charge in [-0.05, 0) is 18.2 Å². The third-order valence-electron chi connectivity index (χ3n) is 2.30. The lowest BCUT2D eigenvalue weighted by molar-refractivity contribution is 0.102. The fourth-order valence-electron chi connectivity index (χ4n) is 1.40. The van der Waals surface area contributed by atoms with E-state index in [2.05, 4.69) is 10.3 Å². The van der Waals surface area contributed by atoms with Gasteiger partial charge in [-0.15, -0.1) is 0 Å². The fraction of sp³-hybridized carbons (Fsp3) is 0. The number of hydrogen-bond donors (Lipinski definition) is 3. The lowest BCUT2D eigenvalue weighted by atomic mass is 10.2. The van der Waals surface area contributed by atoms with Gasteiger partial charge < -0.3 is 16.2 Å². The van der Waals surface area contributed by atoms with E-state index >= 15 is 0 Å². The molecule has 1 amide bonds. The number of hydrogen-bond acceptors (Lipinski definition) is 4. The average Bonchev–Trinajstić information content (AvgIpc) is 2.34. The molecule has 2 aromatic rings. The van der Waals surface area contributed by atoms with Gasteiger partial charge in [0.15, 0.2) is 0 Å². The number of carbonyl (C=O) groups excluding carboxylic acids is 1. The van der Waals surface area contributed by atoms with E-state index in [1.807, 2.05) is 0 Å². The number of pyridine rings is 1. The first kappa shape index (κ1) is 12.2. The Bertz CT molecular complexity index is 602. The van der Waals surface area contributed by atoms with E-state index in [0.29, 0.717) is 11.4 Å². The van der Waals surface area contributed by atoms with Gasteiger partial charge in [0.1, 0.15) is 5.75 Å². The number of phenolic OH excluding ortho intramolecular Hbond substituents is 1. The second-order valence-corrected chi connectivity index (χ2v) is 3.99. The molecule has 1 aromatic heterocycles. The molecule has 5 nitrogen and oxygen atoms in total. The highest BCUT2D eigenvalue weighted by Gasteiger charge is 2.11. The molecule has 0 bridgehead atoms. The van der Waals surface area contributed by atoms with Crippen molar-refractivity contribution in [3.63, 3.8) is 0 Å². The zero-order chi connectivity index (χ0) is 13.1. The third kappa shape index (κ3) is 2.52. The normalized spacial score (nSPS) is 10.1. The van der Waals surface area contributed by atoms with Gasteiger partial charge in [0, 0.05) is 18.5 Å². The predicted molar refractivity (Wildman–Crippen MR) is 69.7 cm³/mol. The molecule has 2 rings (SSSR count). The molecule has 0 radical (unpaired) electrons. The van der Waals surface area contributed by atoms with Gasteiger partial charge in [0.25, 0.3) is 5.91 Å². The van der Waals surface area contributed by atoms with E-state index < -0.39 is 5.91 Å². The van der Waals surface area contributed by atoms with Gasteiger partial charge >= 0.3 is 0 Å². The van der Waals surface area contributed by atoms with Crippen molar-refractivity contribution in [2.75, 3.05) is 11.1 Å². The number of anilines is 2. The zero-order valence-electron chi connectivity index (χ0n) is 9.22. The van der Waals surface area contributed by atoms with Gasteiger partial charge in [-0.25, -0.2) is 0 Å². The summed E-state index contributed by atoms with van der Waals surface area (Å²) in [6, 6.07) is 5.79. The van der Waals surface area contributed by atoms with Crippen LogP contribution in [-0.4, -0.2) is 16.0 Å². The van der Waals surface area contributed by atoms with Crippen LogP contribution in [0.3, 0.4) is 0 Å². The van der Waals surface area contributed by atoms with Gasteiger partial charge in [0.2, 0.25) is 0 Å². The molecule has 0 unspecified atom stereocenters. The molecule has 0 saturated carbocycles. The highest BCUT2D eigenvalue weighted by Crippen LogP contribution is 2.25. The predicted octanol–water partition coefficient (Wildman–Crippen LogP) is 2.28. The van der Waals surface area contributed by atoms with Crippen LogP contribution in [0.15, 0.2) is 36.7 Å². The molecule has 6 heteroatoms. The second-order valence-electron chi connectivity index (χ2n) is 3.58.